The molecule has 5 nitrogen and oxygen atoms in total. The second-order valence-electron chi connectivity index (χ2n) is 6.29. The second-order valence-corrected chi connectivity index (χ2v) is 7.12. The number of nitrogens with zero attached hydrogens (tertiary/aromatic N) is 3. The lowest BCUT2D eigenvalue weighted by Gasteiger charge is -2.10. The quantitative estimate of drug-likeness (QED) is 0.450. The molecule has 0 unspecified atom stereocenters. The van der Waals surface area contributed by atoms with E-state index in [1.54, 1.807) is 21.3 Å². The fourth-order valence-corrected chi connectivity index (χ4v) is 4.10. The van der Waals surface area contributed by atoms with Crippen LogP contribution in [0.25, 0.3) is 22.0 Å². The van der Waals surface area contributed by atoms with Crippen molar-refractivity contribution in [2.24, 2.45) is 10.1 Å². The molecule has 146 valence electrons. The number of fused-ring (bicyclic) bond motifs is 1. The number of hydrogen-bond acceptors (Lipinski definition) is 5. The SMILES string of the molecule is CN=c1scc(-c2ccccc2OC)n1N=Cc1c(OC)ccc2ccccc12. The minimum atomic E-state index is 0.775. The van der Waals surface area contributed by atoms with Crippen LogP contribution in [0.4, 0.5) is 0 Å². The Hall–Kier alpha value is -3.38. The molecule has 0 saturated heterocycles. The standard InChI is InChI=1S/C23H21N3O2S/c1-24-23-26(20(15-29-23)18-10-6-7-11-21(18)27-2)25-14-19-17-9-5-4-8-16(17)12-13-22(19)28-3/h4-15H,1-3H3. The lowest BCUT2D eigenvalue weighted by Crippen LogP contribution is -2.12. The highest BCUT2D eigenvalue weighted by Crippen LogP contribution is 2.30. The van der Waals surface area contributed by atoms with Gasteiger partial charge in [-0.3, -0.25) is 4.99 Å². The van der Waals surface area contributed by atoms with E-state index >= 15 is 0 Å². The van der Waals surface area contributed by atoms with Crippen LogP contribution in [0.1, 0.15) is 5.56 Å². The van der Waals surface area contributed by atoms with Gasteiger partial charge in [-0.25, -0.2) is 4.68 Å². The van der Waals surface area contributed by atoms with Crippen molar-refractivity contribution in [3.63, 3.8) is 0 Å². The summed E-state index contributed by atoms with van der Waals surface area (Å²) in [6.07, 6.45) is 1.83. The van der Waals surface area contributed by atoms with Crippen LogP contribution in [0.15, 0.2) is 76.1 Å². The monoisotopic (exact) mass is 403 g/mol. The average Bonchev–Trinajstić information content (AvgIpc) is 3.19. The highest BCUT2D eigenvalue weighted by Gasteiger charge is 2.12. The van der Waals surface area contributed by atoms with Crippen LogP contribution in [-0.4, -0.2) is 32.2 Å². The summed E-state index contributed by atoms with van der Waals surface area (Å²) in [6.45, 7) is 0. The number of aromatic nitrogens is 1. The number of para-hydroxylation sites is 1. The molecule has 4 aromatic rings. The number of rotatable bonds is 5. The van der Waals surface area contributed by atoms with Crippen LogP contribution < -0.4 is 14.3 Å². The van der Waals surface area contributed by atoms with Gasteiger partial charge in [0.05, 0.1) is 26.1 Å². The van der Waals surface area contributed by atoms with E-state index in [1.807, 2.05) is 58.7 Å². The van der Waals surface area contributed by atoms with Crippen LogP contribution in [-0.2, 0) is 0 Å². The van der Waals surface area contributed by atoms with E-state index in [1.165, 1.54) is 11.3 Å². The number of thiazole rings is 1. The zero-order valence-electron chi connectivity index (χ0n) is 16.5. The third kappa shape index (κ3) is 3.54. The van der Waals surface area contributed by atoms with Gasteiger partial charge in [0.1, 0.15) is 11.5 Å². The highest BCUT2D eigenvalue weighted by atomic mass is 32.1. The molecule has 0 saturated carbocycles. The van der Waals surface area contributed by atoms with E-state index < -0.39 is 0 Å². The van der Waals surface area contributed by atoms with Gasteiger partial charge < -0.3 is 9.47 Å². The molecule has 0 aliphatic rings. The van der Waals surface area contributed by atoms with Crippen molar-refractivity contribution in [3.8, 4) is 22.8 Å². The number of methoxy groups -OCH3 is 2. The fourth-order valence-electron chi connectivity index (χ4n) is 3.31. The van der Waals surface area contributed by atoms with Gasteiger partial charge in [-0.15, -0.1) is 11.3 Å². The number of ether oxygens (including phenoxy) is 2. The summed E-state index contributed by atoms with van der Waals surface area (Å²) in [5, 5.41) is 9.05. The van der Waals surface area contributed by atoms with Gasteiger partial charge in [0.2, 0.25) is 4.80 Å². The summed E-state index contributed by atoms with van der Waals surface area (Å²) >= 11 is 1.53. The molecule has 0 radical (unpaired) electrons. The lowest BCUT2D eigenvalue weighted by molar-refractivity contribution is 0.414. The first-order valence-corrected chi connectivity index (χ1v) is 10.0. The second kappa shape index (κ2) is 8.32. The van der Waals surface area contributed by atoms with Crippen molar-refractivity contribution in [3.05, 3.63) is 76.4 Å². The number of benzene rings is 3. The minimum Gasteiger partial charge on any atom is -0.496 e. The van der Waals surface area contributed by atoms with Crippen LogP contribution in [0.2, 0.25) is 0 Å². The van der Waals surface area contributed by atoms with Crippen molar-refractivity contribution in [2.75, 3.05) is 21.3 Å². The van der Waals surface area contributed by atoms with Crippen LogP contribution in [0.3, 0.4) is 0 Å². The van der Waals surface area contributed by atoms with Crippen molar-refractivity contribution in [1.82, 2.24) is 4.68 Å². The first-order chi connectivity index (χ1) is 14.3. The molecule has 0 fully saturated rings. The molecule has 0 aliphatic heterocycles. The van der Waals surface area contributed by atoms with Gasteiger partial charge in [0, 0.05) is 23.6 Å². The van der Waals surface area contributed by atoms with Crippen LogP contribution in [0.5, 0.6) is 11.5 Å². The smallest absolute Gasteiger partial charge is 0.205 e. The largest absolute Gasteiger partial charge is 0.496 e. The third-order valence-corrected chi connectivity index (χ3v) is 5.62. The maximum Gasteiger partial charge on any atom is 0.205 e. The molecular formula is C23H21N3O2S. The van der Waals surface area contributed by atoms with E-state index in [0.717, 1.165) is 43.9 Å². The zero-order chi connectivity index (χ0) is 20.2. The molecule has 0 amide bonds. The molecule has 4 rings (SSSR count). The molecule has 0 N–H and O–H groups in total. The normalized spacial score (nSPS) is 12.0. The summed E-state index contributed by atoms with van der Waals surface area (Å²) in [5.74, 6) is 1.57. The molecule has 0 atom stereocenters. The first-order valence-electron chi connectivity index (χ1n) is 9.13. The van der Waals surface area contributed by atoms with Crippen LogP contribution >= 0.6 is 11.3 Å². The summed E-state index contributed by atoms with van der Waals surface area (Å²) in [7, 11) is 5.11. The van der Waals surface area contributed by atoms with Crippen molar-refractivity contribution >= 4 is 28.3 Å². The topological polar surface area (TPSA) is 48.1 Å². The maximum atomic E-state index is 5.59. The third-order valence-electron chi connectivity index (χ3n) is 4.71. The Labute approximate surface area is 173 Å². The number of hydrogen-bond donors (Lipinski definition) is 0. The Balaban J connectivity index is 1.89. The van der Waals surface area contributed by atoms with E-state index in [4.69, 9.17) is 14.6 Å². The molecule has 0 bridgehead atoms. The van der Waals surface area contributed by atoms with Gasteiger partial charge in [0.15, 0.2) is 0 Å². The molecule has 6 heteroatoms. The van der Waals surface area contributed by atoms with Crippen molar-refractivity contribution in [1.29, 1.82) is 0 Å². The summed E-state index contributed by atoms with van der Waals surface area (Å²) in [6, 6.07) is 20.1. The molecule has 0 spiro atoms. The Bertz CT molecular complexity index is 1250. The summed E-state index contributed by atoms with van der Waals surface area (Å²) in [5.41, 5.74) is 2.81. The van der Waals surface area contributed by atoms with E-state index in [2.05, 4.69) is 23.2 Å². The van der Waals surface area contributed by atoms with E-state index in [0.29, 0.717) is 0 Å². The highest BCUT2D eigenvalue weighted by molar-refractivity contribution is 7.07. The van der Waals surface area contributed by atoms with Crippen molar-refractivity contribution in [2.45, 2.75) is 0 Å². The van der Waals surface area contributed by atoms with Crippen LogP contribution in [0, 0.1) is 0 Å². The Morgan fingerprint density at radius 3 is 2.45 bits per heavy atom. The summed E-state index contributed by atoms with van der Waals surface area (Å²) < 4.78 is 13.0. The average molecular weight is 404 g/mol. The zero-order valence-corrected chi connectivity index (χ0v) is 17.3. The predicted octanol–water partition coefficient (Wildman–Crippen LogP) is 4.80. The molecule has 29 heavy (non-hydrogen) atoms. The molecule has 1 aromatic heterocycles. The minimum absolute atomic E-state index is 0.775. The Morgan fingerprint density at radius 2 is 1.66 bits per heavy atom. The van der Waals surface area contributed by atoms with Gasteiger partial charge in [0.25, 0.3) is 0 Å². The lowest BCUT2D eigenvalue weighted by atomic mass is 10.0. The van der Waals surface area contributed by atoms with Gasteiger partial charge >= 0.3 is 0 Å². The molecule has 3 aromatic carbocycles. The van der Waals surface area contributed by atoms with E-state index in [-0.39, 0.29) is 0 Å². The van der Waals surface area contributed by atoms with Crippen molar-refractivity contribution < 1.29 is 9.47 Å². The van der Waals surface area contributed by atoms with Gasteiger partial charge in [-0.05, 0) is 29.0 Å². The Kier molecular flexibility index (Phi) is 5.44. The first kappa shape index (κ1) is 19.0. The molecule has 1 heterocycles. The van der Waals surface area contributed by atoms with Gasteiger partial charge in [-0.2, -0.15) is 5.10 Å². The maximum absolute atomic E-state index is 5.59. The van der Waals surface area contributed by atoms with Gasteiger partial charge in [-0.1, -0.05) is 42.5 Å². The molecular weight excluding hydrogens is 382 g/mol. The predicted molar refractivity (Wildman–Crippen MR) is 119 cm³/mol. The summed E-state index contributed by atoms with van der Waals surface area (Å²) in [4.78, 5) is 5.18. The van der Waals surface area contributed by atoms with E-state index in [9.17, 15) is 0 Å². The molecule has 0 aliphatic carbocycles. The fraction of sp³-hybridized carbons (Fsp3) is 0.130. The Morgan fingerprint density at radius 1 is 0.897 bits per heavy atom.